The van der Waals surface area contributed by atoms with Crippen molar-refractivity contribution in [3.05, 3.63) is 39.6 Å². The summed E-state index contributed by atoms with van der Waals surface area (Å²) >= 11 is 3.39. The first-order chi connectivity index (χ1) is 9.22. The van der Waals surface area contributed by atoms with Gasteiger partial charge in [0.05, 0.1) is 26.5 Å². The zero-order valence-corrected chi connectivity index (χ0v) is 13.9. The Hall–Kier alpha value is -1.34. The Bertz CT molecular complexity index is 766. The Balaban J connectivity index is 2.49. The molecule has 1 aromatic heterocycles. The summed E-state index contributed by atoms with van der Waals surface area (Å²) in [7, 11) is -1.74. The molecule has 0 atom stereocenters. The molecule has 2 N–H and O–H groups in total. The third-order valence-electron chi connectivity index (χ3n) is 3.14. The summed E-state index contributed by atoms with van der Waals surface area (Å²) < 4.78 is 27.5. The van der Waals surface area contributed by atoms with E-state index in [1.54, 1.807) is 30.8 Å². The highest BCUT2D eigenvalue weighted by molar-refractivity contribution is 9.10. The lowest BCUT2D eigenvalue weighted by molar-refractivity contribution is 0.591. The van der Waals surface area contributed by atoms with Gasteiger partial charge >= 0.3 is 0 Å². The maximum atomic E-state index is 12.6. The molecule has 0 fully saturated rings. The molecule has 0 spiro atoms. The molecule has 1 heterocycles. The second-order valence-corrected chi connectivity index (χ2v) is 7.50. The lowest BCUT2D eigenvalue weighted by Gasteiger charge is -2.09. The average Bonchev–Trinajstić information content (AvgIpc) is 2.59. The van der Waals surface area contributed by atoms with E-state index >= 15 is 0 Å². The quantitative estimate of drug-likeness (QED) is 0.855. The summed E-state index contributed by atoms with van der Waals surface area (Å²) in [6.07, 6.45) is 0. The van der Waals surface area contributed by atoms with Crippen LogP contribution in [0.4, 0.5) is 5.69 Å². The predicted molar refractivity (Wildman–Crippen MR) is 82.1 cm³/mol. The third kappa shape index (κ3) is 2.73. The maximum Gasteiger partial charge on any atom is 0.184 e. The molecule has 2 aromatic rings. The van der Waals surface area contributed by atoms with Gasteiger partial charge in [0, 0.05) is 12.7 Å². The van der Waals surface area contributed by atoms with Crippen LogP contribution in [0.1, 0.15) is 17.0 Å². The van der Waals surface area contributed by atoms with Crippen LogP contribution in [-0.2, 0) is 22.6 Å². The molecule has 0 saturated heterocycles. The number of nitrogens with two attached hydrogens (primary N) is 1. The third-order valence-corrected chi connectivity index (χ3v) is 5.93. The van der Waals surface area contributed by atoms with Gasteiger partial charge in [-0.1, -0.05) is 6.07 Å². The molecule has 2 rings (SSSR count). The van der Waals surface area contributed by atoms with Gasteiger partial charge in [0.25, 0.3) is 0 Å². The van der Waals surface area contributed by atoms with Crippen molar-refractivity contribution in [1.82, 2.24) is 9.78 Å². The monoisotopic (exact) mass is 357 g/mol. The zero-order valence-electron chi connectivity index (χ0n) is 11.5. The lowest BCUT2D eigenvalue weighted by atomic mass is 10.2. The van der Waals surface area contributed by atoms with Crippen LogP contribution >= 0.6 is 15.9 Å². The van der Waals surface area contributed by atoms with Crippen molar-refractivity contribution in [3.8, 4) is 0 Å². The fraction of sp³-hybridized carbons (Fsp3) is 0.308. The standard InChI is InChI=1S/C13H16BrN3O2S/c1-8-4-5-10(15)6-12(8)20(18,19)7-11-13(14)9(2)16-17(11)3/h4-6H,7,15H2,1-3H3. The van der Waals surface area contributed by atoms with Crippen LogP contribution < -0.4 is 5.73 Å². The van der Waals surface area contributed by atoms with E-state index in [0.29, 0.717) is 16.9 Å². The van der Waals surface area contributed by atoms with Gasteiger partial charge in [0.2, 0.25) is 0 Å². The summed E-state index contributed by atoms with van der Waals surface area (Å²) in [5.41, 5.74) is 8.21. The topological polar surface area (TPSA) is 78.0 Å². The number of aryl methyl sites for hydroxylation is 3. The van der Waals surface area contributed by atoms with Gasteiger partial charge in [-0.15, -0.1) is 0 Å². The van der Waals surface area contributed by atoms with E-state index in [1.165, 1.54) is 6.07 Å². The first kappa shape index (κ1) is 15.1. The highest BCUT2D eigenvalue weighted by atomic mass is 79.9. The number of benzene rings is 1. The average molecular weight is 358 g/mol. The first-order valence-corrected chi connectivity index (χ1v) is 8.44. The van der Waals surface area contributed by atoms with Crippen molar-refractivity contribution in [3.63, 3.8) is 0 Å². The van der Waals surface area contributed by atoms with Crippen LogP contribution in [0.25, 0.3) is 0 Å². The van der Waals surface area contributed by atoms with Gasteiger partial charge in [-0.05, 0) is 47.5 Å². The van der Waals surface area contributed by atoms with E-state index in [9.17, 15) is 8.42 Å². The van der Waals surface area contributed by atoms with Crippen molar-refractivity contribution in [2.45, 2.75) is 24.5 Å². The predicted octanol–water partition coefficient (Wildman–Crippen LogP) is 2.36. The molecule has 0 aliphatic heterocycles. The Labute approximate surface area is 126 Å². The van der Waals surface area contributed by atoms with E-state index in [-0.39, 0.29) is 10.6 Å². The number of halogens is 1. The number of hydrogen-bond acceptors (Lipinski definition) is 4. The molecular formula is C13H16BrN3O2S. The van der Waals surface area contributed by atoms with Crippen LogP contribution in [0.15, 0.2) is 27.6 Å². The fourth-order valence-corrected chi connectivity index (χ4v) is 4.43. The van der Waals surface area contributed by atoms with E-state index in [1.807, 2.05) is 6.92 Å². The zero-order chi connectivity index (χ0) is 15.1. The molecule has 0 aliphatic carbocycles. The van der Waals surface area contributed by atoms with E-state index in [4.69, 9.17) is 5.73 Å². The van der Waals surface area contributed by atoms with Crippen LogP contribution in [-0.4, -0.2) is 18.2 Å². The maximum absolute atomic E-state index is 12.6. The number of sulfone groups is 1. The van der Waals surface area contributed by atoms with Crippen molar-refractivity contribution in [2.75, 3.05) is 5.73 Å². The largest absolute Gasteiger partial charge is 0.399 e. The molecular weight excluding hydrogens is 342 g/mol. The van der Waals surface area contributed by atoms with Gasteiger partial charge in [-0.3, -0.25) is 4.68 Å². The molecule has 5 nitrogen and oxygen atoms in total. The second-order valence-electron chi connectivity index (χ2n) is 4.75. The Morgan fingerprint density at radius 2 is 2.00 bits per heavy atom. The Kier molecular flexibility index (Phi) is 3.93. The van der Waals surface area contributed by atoms with Gasteiger partial charge in [-0.2, -0.15) is 5.10 Å². The summed E-state index contributed by atoms with van der Waals surface area (Å²) in [6, 6.07) is 4.91. The minimum Gasteiger partial charge on any atom is -0.399 e. The number of anilines is 1. The van der Waals surface area contributed by atoms with Crippen LogP contribution in [0.5, 0.6) is 0 Å². The Morgan fingerprint density at radius 1 is 1.35 bits per heavy atom. The molecule has 20 heavy (non-hydrogen) atoms. The lowest BCUT2D eigenvalue weighted by Crippen LogP contribution is -2.11. The van der Waals surface area contributed by atoms with E-state index in [0.717, 1.165) is 10.2 Å². The van der Waals surface area contributed by atoms with Crippen LogP contribution in [0.2, 0.25) is 0 Å². The minimum atomic E-state index is -3.47. The number of nitrogen functional groups attached to an aromatic ring is 1. The van der Waals surface area contributed by atoms with Crippen molar-refractivity contribution in [2.24, 2.45) is 7.05 Å². The molecule has 0 radical (unpaired) electrons. The SMILES string of the molecule is Cc1ccc(N)cc1S(=O)(=O)Cc1c(Br)c(C)nn1C. The van der Waals surface area contributed by atoms with Crippen LogP contribution in [0.3, 0.4) is 0 Å². The van der Waals surface area contributed by atoms with Crippen molar-refractivity contribution >= 4 is 31.5 Å². The molecule has 108 valence electrons. The summed E-state index contributed by atoms with van der Waals surface area (Å²) in [6.45, 7) is 3.59. The summed E-state index contributed by atoms with van der Waals surface area (Å²) in [5.74, 6) is -0.116. The Morgan fingerprint density at radius 3 is 2.55 bits per heavy atom. The van der Waals surface area contributed by atoms with E-state index in [2.05, 4.69) is 21.0 Å². The molecule has 0 bridgehead atoms. The van der Waals surface area contributed by atoms with Gasteiger partial charge in [-0.25, -0.2) is 8.42 Å². The highest BCUT2D eigenvalue weighted by Crippen LogP contribution is 2.27. The molecule has 0 aliphatic rings. The van der Waals surface area contributed by atoms with E-state index < -0.39 is 9.84 Å². The molecule has 1 aromatic carbocycles. The number of nitrogens with zero attached hydrogens (tertiary/aromatic N) is 2. The molecule has 0 amide bonds. The number of hydrogen-bond donors (Lipinski definition) is 1. The smallest absolute Gasteiger partial charge is 0.184 e. The molecule has 0 saturated carbocycles. The minimum absolute atomic E-state index is 0.116. The number of aromatic nitrogens is 2. The first-order valence-electron chi connectivity index (χ1n) is 5.99. The number of rotatable bonds is 3. The van der Waals surface area contributed by atoms with Crippen molar-refractivity contribution in [1.29, 1.82) is 0 Å². The summed E-state index contributed by atoms with van der Waals surface area (Å²) in [4.78, 5) is 0.267. The summed E-state index contributed by atoms with van der Waals surface area (Å²) in [5, 5.41) is 4.21. The van der Waals surface area contributed by atoms with Crippen molar-refractivity contribution < 1.29 is 8.42 Å². The second kappa shape index (κ2) is 5.21. The van der Waals surface area contributed by atoms with Gasteiger partial charge < -0.3 is 5.73 Å². The highest BCUT2D eigenvalue weighted by Gasteiger charge is 2.22. The molecule has 0 unspecified atom stereocenters. The van der Waals surface area contributed by atoms with Gasteiger partial charge in [0.1, 0.15) is 0 Å². The molecule has 7 heteroatoms. The van der Waals surface area contributed by atoms with Gasteiger partial charge in [0.15, 0.2) is 9.84 Å². The fourth-order valence-electron chi connectivity index (χ4n) is 2.05. The normalized spacial score (nSPS) is 11.8. The van der Waals surface area contributed by atoms with Crippen LogP contribution in [0, 0.1) is 13.8 Å².